The third-order valence-corrected chi connectivity index (χ3v) is 3.73. The Morgan fingerprint density at radius 1 is 1.33 bits per heavy atom. The van der Waals surface area contributed by atoms with Gasteiger partial charge in [-0.25, -0.2) is 0 Å². The number of carbonyl (C=O) groups is 1. The molecule has 1 aromatic rings. The van der Waals surface area contributed by atoms with Crippen molar-refractivity contribution in [3.63, 3.8) is 0 Å². The van der Waals surface area contributed by atoms with E-state index in [1.54, 1.807) is 0 Å². The summed E-state index contributed by atoms with van der Waals surface area (Å²) in [6.07, 6.45) is 1.26. The van der Waals surface area contributed by atoms with Gasteiger partial charge in [0.15, 0.2) is 0 Å². The van der Waals surface area contributed by atoms with Crippen LogP contribution in [0.5, 0.6) is 0 Å². The third kappa shape index (κ3) is 3.57. The van der Waals surface area contributed by atoms with Gasteiger partial charge in [0.2, 0.25) is 5.91 Å². The quantitative estimate of drug-likeness (QED) is 0.838. The third-order valence-electron chi connectivity index (χ3n) is 3.73. The van der Waals surface area contributed by atoms with Crippen LogP contribution in [0.15, 0.2) is 24.3 Å². The molecule has 0 radical (unpaired) electrons. The number of rotatable bonds is 5. The number of carbonyl (C=O) groups excluding carboxylic acids is 1. The number of hydrogen-bond donors (Lipinski definition) is 2. The van der Waals surface area contributed by atoms with Crippen molar-refractivity contribution < 1.29 is 4.79 Å². The summed E-state index contributed by atoms with van der Waals surface area (Å²) in [7, 11) is 0. The second-order valence-electron chi connectivity index (χ2n) is 5.93. The largest absolute Gasteiger partial charge is 0.325 e. The van der Waals surface area contributed by atoms with Crippen molar-refractivity contribution in [2.45, 2.75) is 27.2 Å². The molecule has 3 heteroatoms. The van der Waals surface area contributed by atoms with Gasteiger partial charge < -0.3 is 10.6 Å². The fraction of sp³-hybridized carbons (Fsp3) is 0.533. The van der Waals surface area contributed by atoms with Crippen molar-refractivity contribution in [3.8, 4) is 0 Å². The van der Waals surface area contributed by atoms with E-state index in [0.29, 0.717) is 12.0 Å². The zero-order valence-electron chi connectivity index (χ0n) is 11.4. The minimum absolute atomic E-state index is 0.0253. The molecule has 1 aromatic carbocycles. The van der Waals surface area contributed by atoms with Crippen LogP contribution in [-0.2, 0) is 4.79 Å². The van der Waals surface area contributed by atoms with Crippen molar-refractivity contribution in [2.24, 2.45) is 11.3 Å². The van der Waals surface area contributed by atoms with E-state index in [2.05, 4.69) is 24.5 Å². The maximum atomic E-state index is 11.7. The molecular weight excluding hydrogens is 224 g/mol. The van der Waals surface area contributed by atoms with Gasteiger partial charge in [-0.2, -0.15) is 0 Å². The van der Waals surface area contributed by atoms with E-state index in [1.165, 1.54) is 12.0 Å². The predicted molar refractivity (Wildman–Crippen MR) is 74.6 cm³/mol. The van der Waals surface area contributed by atoms with E-state index in [0.717, 1.165) is 18.2 Å². The van der Waals surface area contributed by atoms with Gasteiger partial charge >= 0.3 is 0 Å². The van der Waals surface area contributed by atoms with E-state index < -0.39 is 0 Å². The van der Waals surface area contributed by atoms with Crippen LogP contribution >= 0.6 is 0 Å². The van der Waals surface area contributed by atoms with Gasteiger partial charge in [0.25, 0.3) is 0 Å². The summed E-state index contributed by atoms with van der Waals surface area (Å²) in [5.41, 5.74) is 2.53. The molecule has 0 aliphatic heterocycles. The van der Waals surface area contributed by atoms with Crippen LogP contribution in [0.3, 0.4) is 0 Å². The highest BCUT2D eigenvalue weighted by molar-refractivity contribution is 5.92. The Balaban J connectivity index is 1.68. The molecule has 1 unspecified atom stereocenters. The molecule has 98 valence electrons. The summed E-state index contributed by atoms with van der Waals surface area (Å²) in [4.78, 5) is 11.7. The van der Waals surface area contributed by atoms with Gasteiger partial charge in [0.05, 0.1) is 6.54 Å². The first-order valence-corrected chi connectivity index (χ1v) is 6.54. The lowest BCUT2D eigenvalue weighted by atomic mass is 10.1. The van der Waals surface area contributed by atoms with Crippen molar-refractivity contribution in [2.75, 3.05) is 18.4 Å². The van der Waals surface area contributed by atoms with Crippen LogP contribution in [0.25, 0.3) is 0 Å². The van der Waals surface area contributed by atoms with Crippen LogP contribution < -0.4 is 10.6 Å². The number of benzene rings is 1. The summed E-state index contributed by atoms with van der Waals surface area (Å²) in [5, 5.41) is 6.10. The number of amides is 1. The Morgan fingerprint density at radius 3 is 2.50 bits per heavy atom. The lowest BCUT2D eigenvalue weighted by Gasteiger charge is -2.07. The molecule has 2 N–H and O–H groups in total. The lowest BCUT2D eigenvalue weighted by Crippen LogP contribution is -2.30. The molecule has 1 saturated carbocycles. The minimum atomic E-state index is 0.0253. The Hall–Kier alpha value is -1.35. The van der Waals surface area contributed by atoms with Gasteiger partial charge in [-0.05, 0) is 43.4 Å². The van der Waals surface area contributed by atoms with E-state index in [-0.39, 0.29) is 5.91 Å². The average Bonchev–Trinajstić information content (AvgIpc) is 2.90. The Kier molecular flexibility index (Phi) is 3.71. The fourth-order valence-electron chi connectivity index (χ4n) is 2.13. The first-order valence-electron chi connectivity index (χ1n) is 6.54. The predicted octanol–water partition coefficient (Wildman–Crippen LogP) is 2.57. The molecule has 0 bridgehead atoms. The van der Waals surface area contributed by atoms with Crippen molar-refractivity contribution >= 4 is 11.6 Å². The number of aryl methyl sites for hydroxylation is 1. The minimum Gasteiger partial charge on any atom is -0.325 e. The van der Waals surface area contributed by atoms with Gasteiger partial charge in [-0.3, -0.25) is 4.79 Å². The van der Waals surface area contributed by atoms with Crippen molar-refractivity contribution in [1.29, 1.82) is 0 Å². The second kappa shape index (κ2) is 5.11. The van der Waals surface area contributed by atoms with Crippen LogP contribution in [0.4, 0.5) is 5.69 Å². The Bertz CT molecular complexity index is 423. The zero-order chi connectivity index (χ0) is 13.2. The number of nitrogens with one attached hydrogen (secondary N) is 2. The summed E-state index contributed by atoms with van der Waals surface area (Å²) in [6.45, 7) is 7.90. The highest BCUT2D eigenvalue weighted by atomic mass is 16.1. The van der Waals surface area contributed by atoms with E-state index in [9.17, 15) is 4.79 Å². The standard InChI is InChI=1S/C15H22N2O/c1-11-4-6-13(7-5-11)17-14(18)10-16-9-12-8-15(12,2)3/h4-7,12,16H,8-10H2,1-3H3,(H,17,18). The number of anilines is 1. The number of hydrogen-bond acceptors (Lipinski definition) is 2. The second-order valence-corrected chi connectivity index (χ2v) is 5.93. The molecule has 1 atom stereocenters. The van der Waals surface area contributed by atoms with E-state index >= 15 is 0 Å². The van der Waals surface area contributed by atoms with E-state index in [4.69, 9.17) is 0 Å². The summed E-state index contributed by atoms with van der Waals surface area (Å²) in [5.74, 6) is 0.752. The summed E-state index contributed by atoms with van der Waals surface area (Å²) >= 11 is 0. The molecule has 1 aliphatic rings. The highest BCUT2D eigenvalue weighted by Gasteiger charge is 2.44. The molecule has 1 aliphatic carbocycles. The van der Waals surface area contributed by atoms with Crippen LogP contribution in [-0.4, -0.2) is 19.0 Å². The molecule has 3 nitrogen and oxygen atoms in total. The van der Waals surface area contributed by atoms with Gasteiger partial charge in [-0.15, -0.1) is 0 Å². The molecule has 0 aromatic heterocycles. The first kappa shape index (κ1) is 13.1. The maximum absolute atomic E-state index is 11.7. The fourth-order valence-corrected chi connectivity index (χ4v) is 2.13. The summed E-state index contributed by atoms with van der Waals surface area (Å²) < 4.78 is 0. The average molecular weight is 246 g/mol. The van der Waals surface area contributed by atoms with Gasteiger partial charge in [0, 0.05) is 5.69 Å². The highest BCUT2D eigenvalue weighted by Crippen LogP contribution is 2.50. The summed E-state index contributed by atoms with van der Waals surface area (Å²) in [6, 6.07) is 7.85. The molecule has 0 spiro atoms. The SMILES string of the molecule is Cc1ccc(NC(=O)CNCC2CC2(C)C)cc1. The van der Waals surface area contributed by atoms with Crippen molar-refractivity contribution in [3.05, 3.63) is 29.8 Å². The van der Waals surface area contributed by atoms with Crippen LogP contribution in [0.1, 0.15) is 25.8 Å². The topological polar surface area (TPSA) is 41.1 Å². The van der Waals surface area contributed by atoms with Crippen LogP contribution in [0, 0.1) is 18.3 Å². The molecule has 0 heterocycles. The maximum Gasteiger partial charge on any atom is 0.238 e. The normalized spacial score (nSPS) is 20.5. The monoisotopic (exact) mass is 246 g/mol. The molecule has 18 heavy (non-hydrogen) atoms. The molecule has 2 rings (SSSR count). The van der Waals surface area contributed by atoms with Gasteiger partial charge in [0.1, 0.15) is 0 Å². The first-order chi connectivity index (χ1) is 8.47. The molecular formula is C15H22N2O. The smallest absolute Gasteiger partial charge is 0.238 e. The molecule has 1 fully saturated rings. The Morgan fingerprint density at radius 2 is 1.94 bits per heavy atom. The van der Waals surface area contributed by atoms with Crippen LogP contribution in [0.2, 0.25) is 0 Å². The Labute approximate surface area is 109 Å². The molecule has 0 saturated heterocycles. The molecule has 1 amide bonds. The van der Waals surface area contributed by atoms with Crippen molar-refractivity contribution in [1.82, 2.24) is 5.32 Å². The zero-order valence-corrected chi connectivity index (χ0v) is 11.4. The lowest BCUT2D eigenvalue weighted by molar-refractivity contribution is -0.115. The van der Waals surface area contributed by atoms with E-state index in [1.807, 2.05) is 31.2 Å². The van der Waals surface area contributed by atoms with Gasteiger partial charge in [-0.1, -0.05) is 31.5 Å².